The lowest BCUT2D eigenvalue weighted by atomic mass is 10.1. The molecule has 0 saturated heterocycles. The van der Waals surface area contributed by atoms with Gasteiger partial charge in [0, 0.05) is 6.42 Å². The molecule has 1 aliphatic heterocycles. The van der Waals surface area contributed by atoms with Crippen LogP contribution in [0.25, 0.3) is 0 Å². The van der Waals surface area contributed by atoms with Crippen LogP contribution >= 0.6 is 0 Å². The summed E-state index contributed by atoms with van der Waals surface area (Å²) in [6.07, 6.45) is 0.197. The van der Waals surface area contributed by atoms with Crippen LogP contribution in [0.5, 0.6) is 0 Å². The maximum Gasteiger partial charge on any atom is 0.334 e. The maximum absolute atomic E-state index is 12.3. The molecule has 0 fully saturated rings. The summed E-state index contributed by atoms with van der Waals surface area (Å²) < 4.78 is 4.72. The average Bonchev–Trinajstić information content (AvgIpc) is 2.93. The molecule has 8 heteroatoms. The maximum atomic E-state index is 12.3. The number of benzene rings is 2. The van der Waals surface area contributed by atoms with Crippen LogP contribution in [0, 0.1) is 0 Å². The van der Waals surface area contributed by atoms with Crippen molar-refractivity contribution in [3.63, 3.8) is 0 Å². The predicted molar refractivity (Wildman–Crippen MR) is 94.6 cm³/mol. The molecule has 0 spiro atoms. The lowest BCUT2D eigenvalue weighted by Gasteiger charge is -2.20. The second-order valence-corrected chi connectivity index (χ2v) is 5.84. The van der Waals surface area contributed by atoms with Crippen molar-refractivity contribution in [2.45, 2.75) is 12.5 Å². The zero-order valence-corrected chi connectivity index (χ0v) is 14.5. The first-order chi connectivity index (χ1) is 13.0. The van der Waals surface area contributed by atoms with Crippen LogP contribution < -0.4 is 10.7 Å². The van der Waals surface area contributed by atoms with E-state index in [1.165, 1.54) is 19.2 Å². The summed E-state index contributed by atoms with van der Waals surface area (Å²) >= 11 is 0. The Morgan fingerprint density at radius 3 is 2.07 bits per heavy atom. The smallest absolute Gasteiger partial charge is 0.334 e. The van der Waals surface area contributed by atoms with Crippen molar-refractivity contribution < 1.29 is 23.9 Å². The normalized spacial score (nSPS) is 13.7. The molecule has 0 aliphatic carbocycles. The third-order valence-corrected chi connectivity index (χ3v) is 4.08. The van der Waals surface area contributed by atoms with Crippen molar-refractivity contribution in [1.82, 2.24) is 15.8 Å². The Hall–Kier alpha value is -3.68. The highest BCUT2D eigenvalue weighted by Gasteiger charge is 2.37. The summed E-state index contributed by atoms with van der Waals surface area (Å²) in [4.78, 5) is 48.8. The van der Waals surface area contributed by atoms with Gasteiger partial charge < -0.3 is 10.1 Å². The number of esters is 1. The van der Waals surface area contributed by atoms with Crippen molar-refractivity contribution in [3.05, 3.63) is 71.3 Å². The van der Waals surface area contributed by atoms with Gasteiger partial charge in [0.1, 0.15) is 6.04 Å². The fourth-order valence-corrected chi connectivity index (χ4v) is 2.77. The molecule has 4 amide bonds. The number of urea groups is 1. The SMILES string of the molecule is COC(=O)[C@H](Cc1ccccc1)NC(=O)NN1C(=O)c2ccccc2C1=O. The number of nitrogens with one attached hydrogen (secondary N) is 2. The van der Waals surface area contributed by atoms with Crippen molar-refractivity contribution in [3.8, 4) is 0 Å². The zero-order valence-electron chi connectivity index (χ0n) is 14.5. The van der Waals surface area contributed by atoms with Gasteiger partial charge in [0.05, 0.1) is 18.2 Å². The number of nitrogens with zero attached hydrogens (tertiary/aromatic N) is 1. The van der Waals surface area contributed by atoms with Crippen LogP contribution in [0.1, 0.15) is 26.3 Å². The molecule has 27 heavy (non-hydrogen) atoms. The van der Waals surface area contributed by atoms with Gasteiger partial charge in [0.2, 0.25) is 0 Å². The predicted octanol–water partition coefficient (Wildman–Crippen LogP) is 1.28. The second kappa shape index (κ2) is 7.69. The van der Waals surface area contributed by atoms with E-state index in [4.69, 9.17) is 4.74 Å². The molecule has 8 nitrogen and oxygen atoms in total. The van der Waals surface area contributed by atoms with E-state index >= 15 is 0 Å². The van der Waals surface area contributed by atoms with Gasteiger partial charge >= 0.3 is 12.0 Å². The van der Waals surface area contributed by atoms with Crippen LogP contribution in [0.2, 0.25) is 0 Å². The number of amides is 4. The van der Waals surface area contributed by atoms with Crippen molar-refractivity contribution >= 4 is 23.8 Å². The topological polar surface area (TPSA) is 105 Å². The van der Waals surface area contributed by atoms with E-state index in [0.717, 1.165) is 5.56 Å². The number of ether oxygens (including phenoxy) is 1. The van der Waals surface area contributed by atoms with E-state index in [1.54, 1.807) is 24.3 Å². The van der Waals surface area contributed by atoms with E-state index in [1.807, 2.05) is 18.2 Å². The molecule has 1 atom stereocenters. The summed E-state index contributed by atoms with van der Waals surface area (Å²) in [6.45, 7) is 0. The van der Waals surface area contributed by atoms with Gasteiger partial charge in [-0.05, 0) is 17.7 Å². The first kappa shape index (κ1) is 18.1. The highest BCUT2D eigenvalue weighted by Crippen LogP contribution is 2.20. The van der Waals surface area contributed by atoms with Gasteiger partial charge in [-0.1, -0.05) is 42.5 Å². The molecule has 2 aromatic rings. The van der Waals surface area contributed by atoms with Crippen LogP contribution in [0.15, 0.2) is 54.6 Å². The Kier molecular flexibility index (Phi) is 5.16. The van der Waals surface area contributed by atoms with Crippen molar-refractivity contribution in [2.24, 2.45) is 0 Å². The monoisotopic (exact) mass is 367 g/mol. The summed E-state index contributed by atoms with van der Waals surface area (Å²) in [6, 6.07) is 13.5. The molecule has 0 bridgehead atoms. The van der Waals surface area contributed by atoms with Gasteiger partial charge in [-0.2, -0.15) is 5.01 Å². The summed E-state index contributed by atoms with van der Waals surface area (Å²) in [5.74, 6) is -1.91. The Balaban J connectivity index is 1.69. The number of carbonyl (C=O) groups is 4. The van der Waals surface area contributed by atoms with Gasteiger partial charge in [-0.25, -0.2) is 15.0 Å². The first-order valence-electron chi connectivity index (χ1n) is 8.18. The fraction of sp³-hybridized carbons (Fsp3) is 0.158. The zero-order chi connectivity index (χ0) is 19.4. The minimum atomic E-state index is -0.979. The molecule has 1 heterocycles. The number of hydrogen-bond donors (Lipinski definition) is 2. The van der Waals surface area contributed by atoms with E-state index in [2.05, 4.69) is 10.7 Å². The van der Waals surface area contributed by atoms with Crippen LogP contribution in [-0.2, 0) is 16.0 Å². The standard InChI is InChI=1S/C19H17N3O5/c1-27-18(25)15(11-12-7-3-2-4-8-12)20-19(26)21-22-16(23)13-9-5-6-10-14(13)17(22)24/h2-10,15H,11H2,1H3,(H2,20,21,26)/t15-/m0/s1. The molecule has 3 rings (SSSR count). The van der Waals surface area contributed by atoms with E-state index in [9.17, 15) is 19.2 Å². The van der Waals surface area contributed by atoms with E-state index in [-0.39, 0.29) is 17.5 Å². The number of fused-ring (bicyclic) bond motifs is 1. The van der Waals surface area contributed by atoms with Crippen LogP contribution in [-0.4, -0.2) is 42.0 Å². The van der Waals surface area contributed by atoms with Gasteiger partial charge in [-0.3, -0.25) is 9.59 Å². The summed E-state index contributed by atoms with van der Waals surface area (Å²) in [7, 11) is 1.21. The molecule has 0 unspecified atom stereocenters. The number of carbonyl (C=O) groups excluding carboxylic acids is 4. The van der Waals surface area contributed by atoms with Crippen molar-refractivity contribution in [2.75, 3.05) is 7.11 Å². The fourth-order valence-electron chi connectivity index (χ4n) is 2.77. The Morgan fingerprint density at radius 1 is 0.963 bits per heavy atom. The quantitative estimate of drug-likeness (QED) is 0.612. The second-order valence-electron chi connectivity index (χ2n) is 5.84. The van der Waals surface area contributed by atoms with Crippen LogP contribution in [0.4, 0.5) is 4.79 Å². The van der Waals surface area contributed by atoms with Gasteiger partial charge in [0.25, 0.3) is 11.8 Å². The number of methoxy groups -OCH3 is 1. The molecule has 1 aliphatic rings. The molecule has 0 saturated carbocycles. The summed E-state index contributed by atoms with van der Waals surface area (Å²) in [5.41, 5.74) is 3.42. The van der Waals surface area contributed by atoms with Crippen molar-refractivity contribution in [1.29, 1.82) is 0 Å². The lowest BCUT2D eigenvalue weighted by molar-refractivity contribution is -0.142. The van der Waals surface area contributed by atoms with E-state index < -0.39 is 29.9 Å². The Labute approximate surface area is 155 Å². The average molecular weight is 367 g/mol. The number of imide groups is 1. The van der Waals surface area contributed by atoms with E-state index in [0.29, 0.717) is 5.01 Å². The third-order valence-electron chi connectivity index (χ3n) is 4.08. The summed E-state index contributed by atoms with van der Waals surface area (Å²) in [5, 5.41) is 3.06. The molecule has 0 aromatic heterocycles. The first-order valence-corrected chi connectivity index (χ1v) is 8.18. The molecular weight excluding hydrogens is 350 g/mol. The lowest BCUT2D eigenvalue weighted by Crippen LogP contribution is -2.54. The molecule has 2 N–H and O–H groups in total. The molecule has 138 valence electrons. The molecule has 2 aromatic carbocycles. The van der Waals surface area contributed by atoms with Crippen LogP contribution in [0.3, 0.4) is 0 Å². The molecule has 0 radical (unpaired) electrons. The third kappa shape index (κ3) is 3.79. The van der Waals surface area contributed by atoms with Gasteiger partial charge in [0.15, 0.2) is 0 Å². The largest absolute Gasteiger partial charge is 0.467 e. The Bertz CT molecular complexity index is 862. The number of rotatable bonds is 5. The Morgan fingerprint density at radius 2 is 1.52 bits per heavy atom. The number of hydrazine groups is 1. The minimum absolute atomic E-state index is 0.197. The highest BCUT2D eigenvalue weighted by molar-refractivity contribution is 6.21. The minimum Gasteiger partial charge on any atom is -0.467 e. The highest BCUT2D eigenvalue weighted by atomic mass is 16.5. The molecular formula is C19H17N3O5. The number of hydrogen-bond acceptors (Lipinski definition) is 5. The van der Waals surface area contributed by atoms with Gasteiger partial charge in [-0.15, -0.1) is 0 Å².